The van der Waals surface area contributed by atoms with Crippen molar-refractivity contribution in [2.45, 2.75) is 33.2 Å². The zero-order valence-electron chi connectivity index (χ0n) is 8.76. The van der Waals surface area contributed by atoms with Gasteiger partial charge in [-0.15, -0.1) is 0 Å². The summed E-state index contributed by atoms with van der Waals surface area (Å²) in [7, 11) is 0. The van der Waals surface area contributed by atoms with Crippen LogP contribution in [0.5, 0.6) is 0 Å². The van der Waals surface area contributed by atoms with Gasteiger partial charge in [0.15, 0.2) is 0 Å². The molecule has 1 atom stereocenters. The van der Waals surface area contributed by atoms with Crippen LogP contribution in [0.2, 0.25) is 0 Å². The molecule has 78 valence electrons. The van der Waals surface area contributed by atoms with Gasteiger partial charge in [0.25, 0.3) is 0 Å². The summed E-state index contributed by atoms with van der Waals surface area (Å²) < 4.78 is 0. The third kappa shape index (κ3) is 7.59. The molecule has 0 aromatic heterocycles. The van der Waals surface area contributed by atoms with E-state index in [9.17, 15) is 4.79 Å². The van der Waals surface area contributed by atoms with Gasteiger partial charge in [0.1, 0.15) is 0 Å². The molecule has 0 bridgehead atoms. The second-order valence-corrected chi connectivity index (χ2v) is 3.63. The van der Waals surface area contributed by atoms with Crippen LogP contribution in [0.25, 0.3) is 0 Å². The molecule has 0 fully saturated rings. The molecule has 13 heavy (non-hydrogen) atoms. The topological polar surface area (TPSA) is 67.2 Å². The molecule has 0 rings (SSSR count). The van der Waals surface area contributed by atoms with Crippen LogP contribution < -0.4 is 16.4 Å². The van der Waals surface area contributed by atoms with Crippen molar-refractivity contribution in [3.8, 4) is 0 Å². The summed E-state index contributed by atoms with van der Waals surface area (Å²) in [6.45, 7) is 7.31. The Hall–Kier alpha value is -0.770. The third-order valence-electron chi connectivity index (χ3n) is 1.64. The lowest BCUT2D eigenvalue weighted by atomic mass is 10.0. The smallest absolute Gasteiger partial charge is 0.314 e. The molecule has 4 nitrogen and oxygen atoms in total. The number of hydrogen-bond acceptors (Lipinski definition) is 2. The average Bonchev–Trinajstić information content (AvgIpc) is 2.00. The fourth-order valence-electron chi connectivity index (χ4n) is 1.14. The van der Waals surface area contributed by atoms with E-state index < -0.39 is 0 Å². The zero-order chi connectivity index (χ0) is 10.3. The predicted octanol–water partition coefficient (Wildman–Crippen LogP) is 0.679. The molecule has 4 N–H and O–H groups in total. The molecule has 0 aromatic rings. The molecule has 0 radical (unpaired) electrons. The number of nitrogens with one attached hydrogen (secondary N) is 2. The van der Waals surface area contributed by atoms with Gasteiger partial charge in [-0.25, -0.2) is 4.79 Å². The van der Waals surface area contributed by atoms with E-state index in [1.165, 1.54) is 0 Å². The first kappa shape index (κ1) is 12.2. The highest BCUT2D eigenvalue weighted by atomic mass is 16.2. The summed E-state index contributed by atoms with van der Waals surface area (Å²) in [4.78, 5) is 11.0. The maximum absolute atomic E-state index is 11.0. The van der Waals surface area contributed by atoms with Gasteiger partial charge in [0.2, 0.25) is 0 Å². The first-order valence-corrected chi connectivity index (χ1v) is 4.83. The fraction of sp³-hybridized carbons (Fsp3) is 0.889. The fourth-order valence-corrected chi connectivity index (χ4v) is 1.14. The largest absolute Gasteiger partial charge is 0.338 e. The monoisotopic (exact) mass is 187 g/mol. The maximum atomic E-state index is 11.0. The molecule has 0 aliphatic rings. The van der Waals surface area contributed by atoms with E-state index in [-0.39, 0.29) is 12.1 Å². The lowest BCUT2D eigenvalue weighted by Crippen LogP contribution is -2.42. The number of amides is 2. The Labute approximate surface area is 80.3 Å². The Morgan fingerprint density at radius 3 is 2.46 bits per heavy atom. The standard InChI is InChI=1S/C9H21N3O/c1-4-11-9(13)12-6-8(10)5-7(2)3/h7-8H,4-6,10H2,1-3H3,(H2,11,12,13). The molecule has 0 spiro atoms. The number of urea groups is 1. The number of nitrogens with two attached hydrogens (primary N) is 1. The minimum atomic E-state index is -0.137. The van der Waals surface area contributed by atoms with Gasteiger partial charge in [-0.05, 0) is 19.3 Å². The SMILES string of the molecule is CCNC(=O)NCC(N)CC(C)C. The van der Waals surface area contributed by atoms with Crippen molar-refractivity contribution in [2.24, 2.45) is 11.7 Å². The van der Waals surface area contributed by atoms with Gasteiger partial charge >= 0.3 is 6.03 Å². The van der Waals surface area contributed by atoms with Crippen molar-refractivity contribution in [1.82, 2.24) is 10.6 Å². The van der Waals surface area contributed by atoms with E-state index in [4.69, 9.17) is 5.73 Å². The Balaban J connectivity index is 3.45. The quantitative estimate of drug-likeness (QED) is 0.592. The van der Waals surface area contributed by atoms with Gasteiger partial charge in [-0.1, -0.05) is 13.8 Å². The molecule has 2 amide bonds. The van der Waals surface area contributed by atoms with Crippen molar-refractivity contribution in [3.63, 3.8) is 0 Å². The molecule has 4 heteroatoms. The van der Waals surface area contributed by atoms with Crippen LogP contribution in [-0.2, 0) is 0 Å². The molecule has 0 aliphatic carbocycles. The lowest BCUT2D eigenvalue weighted by Gasteiger charge is -2.14. The molecule has 1 unspecified atom stereocenters. The molecule has 0 saturated heterocycles. The van der Waals surface area contributed by atoms with Crippen molar-refractivity contribution in [1.29, 1.82) is 0 Å². The normalized spacial score (nSPS) is 12.7. The highest BCUT2D eigenvalue weighted by Gasteiger charge is 2.06. The molecular formula is C9H21N3O. The van der Waals surface area contributed by atoms with E-state index in [0.717, 1.165) is 6.42 Å². The lowest BCUT2D eigenvalue weighted by molar-refractivity contribution is 0.240. The Morgan fingerprint density at radius 1 is 1.38 bits per heavy atom. The van der Waals surface area contributed by atoms with Gasteiger partial charge in [-0.2, -0.15) is 0 Å². The van der Waals surface area contributed by atoms with E-state index in [1.807, 2.05) is 6.92 Å². The van der Waals surface area contributed by atoms with Gasteiger partial charge in [0.05, 0.1) is 0 Å². The van der Waals surface area contributed by atoms with Gasteiger partial charge in [-0.3, -0.25) is 0 Å². The number of rotatable bonds is 5. The van der Waals surface area contributed by atoms with E-state index in [1.54, 1.807) is 0 Å². The maximum Gasteiger partial charge on any atom is 0.314 e. The number of carbonyl (C=O) groups excluding carboxylic acids is 1. The second-order valence-electron chi connectivity index (χ2n) is 3.63. The Morgan fingerprint density at radius 2 is 2.00 bits per heavy atom. The minimum absolute atomic E-state index is 0.0580. The van der Waals surface area contributed by atoms with E-state index in [2.05, 4.69) is 24.5 Å². The highest BCUT2D eigenvalue weighted by Crippen LogP contribution is 2.01. The highest BCUT2D eigenvalue weighted by molar-refractivity contribution is 5.73. The molecule has 0 aliphatic heterocycles. The third-order valence-corrected chi connectivity index (χ3v) is 1.64. The summed E-state index contributed by atoms with van der Waals surface area (Å²) in [5, 5.41) is 5.36. The molecule has 0 aromatic carbocycles. The summed E-state index contributed by atoms with van der Waals surface area (Å²) in [5.74, 6) is 0.575. The van der Waals surface area contributed by atoms with Crippen LogP contribution in [0, 0.1) is 5.92 Å². The van der Waals surface area contributed by atoms with Gasteiger partial charge < -0.3 is 16.4 Å². The Kier molecular flexibility index (Phi) is 6.32. The van der Waals surface area contributed by atoms with Crippen molar-refractivity contribution in [3.05, 3.63) is 0 Å². The van der Waals surface area contributed by atoms with Gasteiger partial charge in [0, 0.05) is 19.1 Å². The molecule has 0 saturated carbocycles. The van der Waals surface area contributed by atoms with E-state index in [0.29, 0.717) is 19.0 Å². The minimum Gasteiger partial charge on any atom is -0.338 e. The molecule has 0 heterocycles. The number of hydrogen-bond donors (Lipinski definition) is 3. The summed E-state index contributed by atoms with van der Waals surface area (Å²) in [6, 6.07) is -0.0793. The summed E-state index contributed by atoms with van der Waals surface area (Å²) in [5.41, 5.74) is 5.78. The molecular weight excluding hydrogens is 166 g/mol. The predicted molar refractivity (Wildman–Crippen MR) is 54.5 cm³/mol. The van der Waals surface area contributed by atoms with Crippen LogP contribution in [0.1, 0.15) is 27.2 Å². The van der Waals surface area contributed by atoms with Crippen molar-refractivity contribution in [2.75, 3.05) is 13.1 Å². The van der Waals surface area contributed by atoms with Crippen LogP contribution >= 0.6 is 0 Å². The summed E-state index contributed by atoms with van der Waals surface area (Å²) in [6.07, 6.45) is 0.937. The van der Waals surface area contributed by atoms with Crippen molar-refractivity contribution < 1.29 is 4.79 Å². The summed E-state index contributed by atoms with van der Waals surface area (Å²) >= 11 is 0. The number of carbonyl (C=O) groups is 1. The van der Waals surface area contributed by atoms with E-state index >= 15 is 0 Å². The van der Waals surface area contributed by atoms with Crippen LogP contribution in [0.4, 0.5) is 4.79 Å². The van der Waals surface area contributed by atoms with Crippen LogP contribution in [0.3, 0.4) is 0 Å². The van der Waals surface area contributed by atoms with Crippen molar-refractivity contribution >= 4 is 6.03 Å². The Bertz CT molecular complexity index is 148. The second kappa shape index (κ2) is 6.71. The zero-order valence-corrected chi connectivity index (χ0v) is 8.76. The van der Waals surface area contributed by atoms with Crippen LogP contribution in [-0.4, -0.2) is 25.2 Å². The first-order chi connectivity index (χ1) is 6.06. The first-order valence-electron chi connectivity index (χ1n) is 4.83. The average molecular weight is 187 g/mol. The van der Waals surface area contributed by atoms with Crippen LogP contribution in [0.15, 0.2) is 0 Å².